The lowest BCUT2D eigenvalue weighted by atomic mass is 10.1. The molecule has 168 valence electrons. The highest BCUT2D eigenvalue weighted by atomic mass is 32.2. The maximum Gasteiger partial charge on any atom is 0.264 e. The van der Waals surface area contributed by atoms with Gasteiger partial charge >= 0.3 is 0 Å². The molecule has 6 nitrogen and oxygen atoms in total. The van der Waals surface area contributed by atoms with Gasteiger partial charge in [-0.25, -0.2) is 8.42 Å². The first-order valence-electron chi connectivity index (χ1n) is 10.5. The number of carbonyl (C=O) groups is 1. The Balaban J connectivity index is 1.82. The van der Waals surface area contributed by atoms with Gasteiger partial charge in [-0.3, -0.25) is 9.10 Å². The molecule has 3 aromatic carbocycles. The highest BCUT2D eigenvalue weighted by Gasteiger charge is 2.27. The molecule has 3 aromatic rings. The summed E-state index contributed by atoms with van der Waals surface area (Å²) in [6.45, 7) is 5.90. The minimum absolute atomic E-state index is 0.133. The van der Waals surface area contributed by atoms with Gasteiger partial charge in [0.15, 0.2) is 0 Å². The van der Waals surface area contributed by atoms with E-state index in [-0.39, 0.29) is 17.5 Å². The molecule has 32 heavy (non-hydrogen) atoms. The zero-order valence-electron chi connectivity index (χ0n) is 18.5. The second kappa shape index (κ2) is 10.3. The molecule has 0 aliphatic rings. The zero-order chi connectivity index (χ0) is 23.1. The average molecular weight is 453 g/mol. The fourth-order valence-corrected chi connectivity index (χ4v) is 4.77. The standard InChI is InChI=1S/C25H28N2O4S/c1-4-31-23-15-13-21(14-16-23)20(3)26-25(28)18-27(22-10-8-9-19(2)17-22)32(29,30)24-11-6-5-7-12-24/h5-17,20H,4,18H2,1-3H3,(H,26,28)/t20-/m1/s1. The van der Waals surface area contributed by atoms with Crippen molar-refractivity contribution in [3.05, 3.63) is 90.0 Å². The average Bonchev–Trinajstić information content (AvgIpc) is 2.78. The molecule has 0 spiro atoms. The van der Waals surface area contributed by atoms with E-state index >= 15 is 0 Å². The third-order valence-corrected chi connectivity index (χ3v) is 6.76. The van der Waals surface area contributed by atoms with Crippen LogP contribution in [0.3, 0.4) is 0 Å². The summed E-state index contributed by atoms with van der Waals surface area (Å²) in [7, 11) is -3.92. The highest BCUT2D eigenvalue weighted by molar-refractivity contribution is 7.92. The summed E-state index contributed by atoms with van der Waals surface area (Å²) in [5, 5.41) is 2.90. The number of hydrogen-bond acceptors (Lipinski definition) is 4. The molecular formula is C25H28N2O4S. The molecule has 0 radical (unpaired) electrons. The first-order valence-corrected chi connectivity index (χ1v) is 11.9. The van der Waals surface area contributed by atoms with E-state index in [0.29, 0.717) is 12.3 Å². The van der Waals surface area contributed by atoms with Gasteiger partial charge in [-0.05, 0) is 68.3 Å². The van der Waals surface area contributed by atoms with Gasteiger partial charge in [0.05, 0.1) is 23.2 Å². The largest absolute Gasteiger partial charge is 0.494 e. The van der Waals surface area contributed by atoms with Crippen molar-refractivity contribution < 1.29 is 17.9 Å². The summed E-state index contributed by atoms with van der Waals surface area (Å²) in [5.41, 5.74) is 2.24. The third kappa shape index (κ3) is 5.68. The molecule has 0 bridgehead atoms. The normalized spacial score (nSPS) is 12.1. The molecule has 0 aliphatic heterocycles. The van der Waals surface area contributed by atoms with E-state index in [1.54, 1.807) is 36.4 Å². The number of nitrogens with one attached hydrogen (secondary N) is 1. The molecule has 1 atom stereocenters. The van der Waals surface area contributed by atoms with E-state index in [1.165, 1.54) is 12.1 Å². The molecule has 0 heterocycles. The summed E-state index contributed by atoms with van der Waals surface area (Å²) in [6.07, 6.45) is 0. The van der Waals surface area contributed by atoms with Crippen LogP contribution in [-0.2, 0) is 14.8 Å². The van der Waals surface area contributed by atoms with E-state index in [4.69, 9.17) is 4.74 Å². The van der Waals surface area contributed by atoms with E-state index < -0.39 is 15.9 Å². The summed E-state index contributed by atoms with van der Waals surface area (Å²) < 4.78 is 33.3. The maximum absolute atomic E-state index is 13.4. The Morgan fingerprint density at radius 2 is 1.69 bits per heavy atom. The van der Waals surface area contributed by atoms with Crippen LogP contribution in [0.15, 0.2) is 83.8 Å². The lowest BCUT2D eigenvalue weighted by Crippen LogP contribution is -2.41. The van der Waals surface area contributed by atoms with Crippen molar-refractivity contribution in [3.63, 3.8) is 0 Å². The third-order valence-electron chi connectivity index (χ3n) is 4.98. The summed E-state index contributed by atoms with van der Waals surface area (Å²) in [6, 6.07) is 22.4. The minimum Gasteiger partial charge on any atom is -0.494 e. The SMILES string of the molecule is CCOc1ccc([C@@H](C)NC(=O)CN(c2cccc(C)c2)S(=O)(=O)c2ccccc2)cc1. The van der Waals surface area contributed by atoms with Crippen LogP contribution in [0.1, 0.15) is 31.0 Å². The number of anilines is 1. The molecule has 1 N–H and O–H groups in total. The van der Waals surface area contributed by atoms with E-state index in [2.05, 4.69) is 5.32 Å². The van der Waals surface area contributed by atoms with Gasteiger partial charge in [0.2, 0.25) is 5.91 Å². The molecule has 3 rings (SSSR count). The van der Waals surface area contributed by atoms with Gasteiger partial charge < -0.3 is 10.1 Å². The number of ether oxygens (including phenoxy) is 1. The molecule has 0 aromatic heterocycles. The maximum atomic E-state index is 13.4. The van der Waals surface area contributed by atoms with E-state index in [9.17, 15) is 13.2 Å². The molecular weight excluding hydrogens is 424 g/mol. The van der Waals surface area contributed by atoms with Crippen molar-refractivity contribution in [2.75, 3.05) is 17.5 Å². The Bertz CT molecular complexity index is 1150. The number of nitrogens with zero attached hydrogens (tertiary/aromatic N) is 1. The minimum atomic E-state index is -3.92. The van der Waals surface area contributed by atoms with Crippen LogP contribution in [-0.4, -0.2) is 27.5 Å². The summed E-state index contributed by atoms with van der Waals surface area (Å²) in [5.74, 6) is 0.363. The van der Waals surface area contributed by atoms with Crippen LogP contribution < -0.4 is 14.4 Å². The number of amides is 1. The Morgan fingerprint density at radius 1 is 1.00 bits per heavy atom. The van der Waals surface area contributed by atoms with Gasteiger partial charge in [0.1, 0.15) is 12.3 Å². The lowest BCUT2D eigenvalue weighted by Gasteiger charge is -2.25. The summed E-state index contributed by atoms with van der Waals surface area (Å²) in [4.78, 5) is 13.0. The van der Waals surface area contributed by atoms with Gasteiger partial charge in [-0.15, -0.1) is 0 Å². The van der Waals surface area contributed by atoms with Crippen LogP contribution in [0.4, 0.5) is 5.69 Å². The van der Waals surface area contributed by atoms with Crippen LogP contribution >= 0.6 is 0 Å². The van der Waals surface area contributed by atoms with Crippen molar-refractivity contribution in [2.24, 2.45) is 0 Å². The van der Waals surface area contributed by atoms with Crippen LogP contribution in [0, 0.1) is 6.92 Å². The molecule has 1 amide bonds. The number of rotatable bonds is 9. The highest BCUT2D eigenvalue weighted by Crippen LogP contribution is 2.25. The number of aryl methyl sites for hydroxylation is 1. The number of benzene rings is 3. The fraction of sp³-hybridized carbons (Fsp3) is 0.240. The molecule has 0 saturated heterocycles. The monoisotopic (exact) mass is 452 g/mol. The molecule has 7 heteroatoms. The lowest BCUT2D eigenvalue weighted by molar-refractivity contribution is -0.120. The predicted octanol–water partition coefficient (Wildman–Crippen LogP) is 4.47. The second-order valence-electron chi connectivity index (χ2n) is 7.45. The van der Waals surface area contributed by atoms with Gasteiger partial charge in [-0.1, -0.05) is 42.5 Å². The smallest absolute Gasteiger partial charge is 0.264 e. The summed E-state index contributed by atoms with van der Waals surface area (Å²) >= 11 is 0. The Hall–Kier alpha value is -3.32. The quantitative estimate of drug-likeness (QED) is 0.520. The number of sulfonamides is 1. The Morgan fingerprint density at radius 3 is 2.31 bits per heavy atom. The van der Waals surface area contributed by atoms with Crippen LogP contribution in [0.2, 0.25) is 0 Å². The van der Waals surface area contributed by atoms with Crippen molar-refractivity contribution in [1.82, 2.24) is 5.32 Å². The second-order valence-corrected chi connectivity index (χ2v) is 9.32. The first-order chi connectivity index (χ1) is 15.3. The zero-order valence-corrected chi connectivity index (χ0v) is 19.3. The first kappa shape index (κ1) is 23.3. The molecule has 0 aliphatic carbocycles. The number of carbonyl (C=O) groups excluding carboxylic acids is 1. The van der Waals surface area contributed by atoms with E-state index in [0.717, 1.165) is 21.2 Å². The topological polar surface area (TPSA) is 75.7 Å². The van der Waals surface area contributed by atoms with Gasteiger partial charge in [0.25, 0.3) is 10.0 Å². The fourth-order valence-electron chi connectivity index (χ4n) is 3.34. The van der Waals surface area contributed by atoms with Crippen molar-refractivity contribution >= 4 is 21.6 Å². The predicted molar refractivity (Wildman–Crippen MR) is 126 cm³/mol. The molecule has 0 unspecified atom stereocenters. The van der Waals surface area contributed by atoms with E-state index in [1.807, 2.05) is 51.1 Å². The number of hydrogen-bond donors (Lipinski definition) is 1. The van der Waals surface area contributed by atoms with Gasteiger partial charge in [0, 0.05) is 0 Å². The van der Waals surface area contributed by atoms with Crippen molar-refractivity contribution in [2.45, 2.75) is 31.7 Å². The Labute approximate surface area is 189 Å². The van der Waals surface area contributed by atoms with Crippen LogP contribution in [0.5, 0.6) is 5.75 Å². The van der Waals surface area contributed by atoms with Crippen molar-refractivity contribution in [1.29, 1.82) is 0 Å². The molecule has 0 saturated carbocycles. The molecule has 0 fully saturated rings. The Kier molecular flexibility index (Phi) is 7.53. The van der Waals surface area contributed by atoms with Crippen LogP contribution in [0.25, 0.3) is 0 Å². The van der Waals surface area contributed by atoms with Gasteiger partial charge in [-0.2, -0.15) is 0 Å². The van der Waals surface area contributed by atoms with Crippen molar-refractivity contribution in [3.8, 4) is 5.75 Å².